The maximum atomic E-state index is 11.9. The number of unbranched alkanes of at least 4 members (excludes halogenated alkanes) is 2. The molecule has 0 unspecified atom stereocenters. The van der Waals surface area contributed by atoms with E-state index in [1.807, 2.05) is 24.3 Å². The summed E-state index contributed by atoms with van der Waals surface area (Å²) in [5.74, 6) is 0.562. The first-order chi connectivity index (χ1) is 11.7. The number of hydrogen-bond donors (Lipinski definition) is 1. The van der Waals surface area contributed by atoms with Gasteiger partial charge in [-0.25, -0.2) is 5.43 Å². The number of nitrogens with zero attached hydrogens (tertiary/aromatic N) is 1. The second-order valence-electron chi connectivity index (χ2n) is 5.33. The molecule has 126 valence electrons. The second-order valence-corrected chi connectivity index (χ2v) is 5.77. The van der Waals surface area contributed by atoms with E-state index in [-0.39, 0.29) is 5.91 Å². The summed E-state index contributed by atoms with van der Waals surface area (Å²) in [5.41, 5.74) is 3.87. The molecule has 4 nitrogen and oxygen atoms in total. The van der Waals surface area contributed by atoms with Crippen LogP contribution in [0, 0.1) is 0 Å². The van der Waals surface area contributed by atoms with E-state index in [0.717, 1.165) is 24.3 Å². The number of ether oxygens (including phenoxy) is 1. The van der Waals surface area contributed by atoms with Crippen molar-refractivity contribution in [1.29, 1.82) is 0 Å². The van der Waals surface area contributed by atoms with Crippen molar-refractivity contribution in [3.63, 3.8) is 0 Å². The minimum absolute atomic E-state index is 0.279. The summed E-state index contributed by atoms with van der Waals surface area (Å²) < 4.78 is 5.65. The predicted molar refractivity (Wildman–Crippen MR) is 98.0 cm³/mol. The Balaban J connectivity index is 1.81. The van der Waals surface area contributed by atoms with Crippen molar-refractivity contribution in [2.45, 2.75) is 26.2 Å². The normalized spacial score (nSPS) is 10.8. The molecule has 0 heterocycles. The molecule has 1 N–H and O–H groups in total. The molecule has 1 amide bonds. The van der Waals surface area contributed by atoms with Crippen LogP contribution in [0.25, 0.3) is 0 Å². The summed E-state index contributed by atoms with van der Waals surface area (Å²) in [5, 5.41) is 4.55. The largest absolute Gasteiger partial charge is 0.494 e. The lowest BCUT2D eigenvalue weighted by Crippen LogP contribution is -2.17. The van der Waals surface area contributed by atoms with Gasteiger partial charge in [-0.3, -0.25) is 4.79 Å². The summed E-state index contributed by atoms with van der Waals surface area (Å²) in [4.78, 5) is 11.9. The van der Waals surface area contributed by atoms with Crippen LogP contribution in [0.4, 0.5) is 0 Å². The molecule has 5 heteroatoms. The van der Waals surface area contributed by atoms with Crippen LogP contribution in [-0.4, -0.2) is 18.7 Å². The summed E-state index contributed by atoms with van der Waals surface area (Å²) in [6.07, 6.45) is 5.02. The van der Waals surface area contributed by atoms with Gasteiger partial charge in [-0.05, 0) is 60.5 Å². The summed E-state index contributed by atoms with van der Waals surface area (Å²) >= 11 is 5.79. The Kier molecular flexibility index (Phi) is 7.30. The van der Waals surface area contributed by atoms with Crippen LogP contribution in [0.5, 0.6) is 5.75 Å². The highest BCUT2D eigenvalue weighted by molar-refractivity contribution is 6.30. The maximum Gasteiger partial charge on any atom is 0.271 e. The van der Waals surface area contributed by atoms with Gasteiger partial charge in [-0.1, -0.05) is 31.4 Å². The van der Waals surface area contributed by atoms with Gasteiger partial charge in [0.25, 0.3) is 5.91 Å². The van der Waals surface area contributed by atoms with E-state index in [0.29, 0.717) is 10.6 Å². The number of hydrazone groups is 1. The topological polar surface area (TPSA) is 50.7 Å². The van der Waals surface area contributed by atoms with Crippen LogP contribution in [0.15, 0.2) is 53.6 Å². The van der Waals surface area contributed by atoms with Gasteiger partial charge in [0, 0.05) is 10.6 Å². The van der Waals surface area contributed by atoms with Crippen molar-refractivity contribution in [3.05, 3.63) is 64.7 Å². The number of nitrogens with one attached hydrogen (secondary N) is 1. The second kappa shape index (κ2) is 9.73. The quantitative estimate of drug-likeness (QED) is 0.429. The molecule has 0 atom stereocenters. The molecular weight excluding hydrogens is 324 g/mol. The zero-order valence-electron chi connectivity index (χ0n) is 13.7. The van der Waals surface area contributed by atoms with Crippen molar-refractivity contribution in [2.24, 2.45) is 5.10 Å². The average Bonchev–Trinajstić information content (AvgIpc) is 2.60. The summed E-state index contributed by atoms with van der Waals surface area (Å²) in [7, 11) is 0. The lowest BCUT2D eigenvalue weighted by molar-refractivity contribution is 0.0955. The third kappa shape index (κ3) is 6.05. The molecule has 0 fully saturated rings. The molecule has 2 aromatic rings. The van der Waals surface area contributed by atoms with Crippen molar-refractivity contribution >= 4 is 23.7 Å². The SMILES string of the molecule is CCCCCOc1ccc(C=NNC(=O)c2ccc(Cl)cc2)cc1. The zero-order valence-corrected chi connectivity index (χ0v) is 14.4. The Labute approximate surface area is 147 Å². The van der Waals surface area contributed by atoms with Gasteiger partial charge in [0.2, 0.25) is 0 Å². The van der Waals surface area contributed by atoms with Crippen molar-refractivity contribution < 1.29 is 9.53 Å². The standard InChI is InChI=1S/C19H21ClN2O2/c1-2-3-4-13-24-18-11-5-15(6-12-18)14-21-22-19(23)16-7-9-17(20)10-8-16/h5-12,14H,2-4,13H2,1H3,(H,22,23). The van der Waals surface area contributed by atoms with Gasteiger partial charge in [0.05, 0.1) is 12.8 Å². The molecule has 0 bridgehead atoms. The fraction of sp³-hybridized carbons (Fsp3) is 0.263. The molecule has 0 aromatic heterocycles. The Morgan fingerprint density at radius 3 is 2.50 bits per heavy atom. The fourth-order valence-electron chi connectivity index (χ4n) is 2.02. The predicted octanol–water partition coefficient (Wildman–Crippen LogP) is 4.67. The lowest BCUT2D eigenvalue weighted by Gasteiger charge is -2.05. The smallest absolute Gasteiger partial charge is 0.271 e. The Morgan fingerprint density at radius 1 is 1.12 bits per heavy atom. The molecule has 0 aliphatic heterocycles. The van der Waals surface area contributed by atoms with E-state index in [1.165, 1.54) is 12.8 Å². The van der Waals surface area contributed by atoms with Gasteiger partial charge >= 0.3 is 0 Å². The van der Waals surface area contributed by atoms with Gasteiger partial charge in [-0.2, -0.15) is 5.10 Å². The zero-order chi connectivity index (χ0) is 17.2. The number of carbonyl (C=O) groups excluding carboxylic acids is 1. The van der Waals surface area contributed by atoms with E-state index in [9.17, 15) is 4.79 Å². The molecule has 24 heavy (non-hydrogen) atoms. The highest BCUT2D eigenvalue weighted by Crippen LogP contribution is 2.12. The number of hydrogen-bond acceptors (Lipinski definition) is 3. The summed E-state index contributed by atoms with van der Waals surface area (Å²) in [6.45, 7) is 2.90. The first kappa shape index (κ1) is 18.0. The first-order valence-corrected chi connectivity index (χ1v) is 8.38. The lowest BCUT2D eigenvalue weighted by atomic mass is 10.2. The van der Waals surface area contributed by atoms with Gasteiger partial charge in [0.15, 0.2) is 0 Å². The van der Waals surface area contributed by atoms with Crippen LogP contribution in [0.1, 0.15) is 42.1 Å². The van der Waals surface area contributed by atoms with E-state index in [2.05, 4.69) is 17.5 Å². The van der Waals surface area contributed by atoms with Crippen LogP contribution in [-0.2, 0) is 0 Å². The van der Waals surface area contributed by atoms with Crippen LogP contribution in [0.2, 0.25) is 5.02 Å². The molecule has 0 spiro atoms. The highest BCUT2D eigenvalue weighted by atomic mass is 35.5. The Hall–Kier alpha value is -2.33. The van der Waals surface area contributed by atoms with E-state index in [1.54, 1.807) is 30.5 Å². The minimum Gasteiger partial charge on any atom is -0.494 e. The number of halogens is 1. The fourth-order valence-corrected chi connectivity index (χ4v) is 2.15. The number of rotatable bonds is 8. The molecule has 0 saturated carbocycles. The monoisotopic (exact) mass is 344 g/mol. The van der Waals surface area contributed by atoms with Crippen LogP contribution < -0.4 is 10.2 Å². The summed E-state index contributed by atoms with van der Waals surface area (Å²) in [6, 6.07) is 14.2. The Bertz CT molecular complexity index is 667. The molecular formula is C19H21ClN2O2. The number of benzene rings is 2. The molecule has 2 rings (SSSR count). The third-order valence-electron chi connectivity index (χ3n) is 3.38. The van der Waals surface area contributed by atoms with E-state index in [4.69, 9.17) is 16.3 Å². The van der Waals surface area contributed by atoms with Crippen molar-refractivity contribution in [3.8, 4) is 5.75 Å². The third-order valence-corrected chi connectivity index (χ3v) is 3.63. The highest BCUT2D eigenvalue weighted by Gasteiger charge is 2.03. The van der Waals surface area contributed by atoms with Gasteiger partial charge in [0.1, 0.15) is 5.75 Å². The number of amides is 1. The molecule has 0 radical (unpaired) electrons. The number of carbonyl (C=O) groups is 1. The van der Waals surface area contributed by atoms with Crippen molar-refractivity contribution in [1.82, 2.24) is 5.43 Å². The van der Waals surface area contributed by atoms with Gasteiger partial charge < -0.3 is 4.74 Å². The van der Waals surface area contributed by atoms with E-state index < -0.39 is 0 Å². The molecule has 0 aliphatic carbocycles. The van der Waals surface area contributed by atoms with E-state index >= 15 is 0 Å². The molecule has 2 aromatic carbocycles. The average molecular weight is 345 g/mol. The molecule has 0 saturated heterocycles. The van der Waals surface area contributed by atoms with Crippen molar-refractivity contribution in [2.75, 3.05) is 6.61 Å². The minimum atomic E-state index is -0.279. The van der Waals surface area contributed by atoms with Crippen LogP contribution in [0.3, 0.4) is 0 Å². The van der Waals surface area contributed by atoms with Crippen LogP contribution >= 0.6 is 11.6 Å². The Morgan fingerprint density at radius 2 is 1.83 bits per heavy atom. The molecule has 0 aliphatic rings. The maximum absolute atomic E-state index is 11.9. The first-order valence-electron chi connectivity index (χ1n) is 8.01. The van der Waals surface area contributed by atoms with Gasteiger partial charge in [-0.15, -0.1) is 0 Å².